The molecule has 8 heteroatoms. The molecule has 5 nitrogen and oxygen atoms in total. The molecule has 0 aliphatic heterocycles. The summed E-state index contributed by atoms with van der Waals surface area (Å²) < 4.78 is 48.6. The van der Waals surface area contributed by atoms with Gasteiger partial charge in [-0.2, -0.15) is 0 Å². The van der Waals surface area contributed by atoms with E-state index in [-0.39, 0.29) is 15.6 Å². The van der Waals surface area contributed by atoms with Crippen molar-refractivity contribution in [3.63, 3.8) is 0 Å². The van der Waals surface area contributed by atoms with Gasteiger partial charge in [0.05, 0.1) is 23.3 Å². The second-order valence-electron chi connectivity index (χ2n) is 5.67. The van der Waals surface area contributed by atoms with Gasteiger partial charge >= 0.3 is 0 Å². The highest BCUT2D eigenvalue weighted by Crippen LogP contribution is 2.31. The average Bonchev–Trinajstić information content (AvgIpc) is 2.89. The lowest BCUT2D eigenvalue weighted by Crippen LogP contribution is -2.13. The summed E-state index contributed by atoms with van der Waals surface area (Å²) in [5.41, 5.74) is 1.38. The topological polar surface area (TPSA) is 60.3 Å². The summed E-state index contributed by atoms with van der Waals surface area (Å²) in [5, 5.41) is 0.487. The molecule has 3 aromatic rings. The molecule has 0 radical (unpaired) electrons. The Balaban J connectivity index is 2.09. The SMILES string of the molecule is COc1ccc2c(S(=O)(=O)Nc3cc(F)c(Cl)cc3C)cn(C)c2c1. The molecule has 0 fully saturated rings. The van der Waals surface area contributed by atoms with Crippen LogP contribution in [0.25, 0.3) is 10.9 Å². The molecule has 0 saturated carbocycles. The fraction of sp³-hybridized carbons (Fsp3) is 0.176. The minimum atomic E-state index is -3.91. The van der Waals surface area contributed by atoms with E-state index >= 15 is 0 Å². The van der Waals surface area contributed by atoms with Crippen LogP contribution in [0.5, 0.6) is 5.75 Å². The van der Waals surface area contributed by atoms with E-state index in [1.807, 2.05) is 0 Å². The maximum Gasteiger partial charge on any atom is 0.264 e. The molecule has 0 saturated heterocycles. The highest BCUT2D eigenvalue weighted by molar-refractivity contribution is 7.93. The molecule has 0 bridgehead atoms. The number of sulfonamides is 1. The van der Waals surface area contributed by atoms with Gasteiger partial charge in [0.15, 0.2) is 0 Å². The third kappa shape index (κ3) is 3.17. The minimum absolute atomic E-state index is 0.0577. The summed E-state index contributed by atoms with van der Waals surface area (Å²) in [7, 11) is -0.625. The second kappa shape index (κ2) is 6.24. The lowest BCUT2D eigenvalue weighted by atomic mass is 10.2. The van der Waals surface area contributed by atoms with E-state index in [0.717, 1.165) is 6.07 Å². The highest BCUT2D eigenvalue weighted by atomic mass is 35.5. The molecule has 1 heterocycles. The van der Waals surface area contributed by atoms with Gasteiger partial charge in [0.1, 0.15) is 16.5 Å². The van der Waals surface area contributed by atoms with Crippen molar-refractivity contribution in [2.24, 2.45) is 7.05 Å². The van der Waals surface area contributed by atoms with Gasteiger partial charge in [0, 0.05) is 24.7 Å². The number of benzene rings is 2. The number of hydrogen-bond acceptors (Lipinski definition) is 3. The molecule has 0 unspecified atom stereocenters. The van der Waals surface area contributed by atoms with Crippen LogP contribution in [0.4, 0.5) is 10.1 Å². The number of ether oxygens (including phenoxy) is 1. The van der Waals surface area contributed by atoms with Crippen LogP contribution in [0, 0.1) is 12.7 Å². The van der Waals surface area contributed by atoms with E-state index in [1.165, 1.54) is 12.3 Å². The van der Waals surface area contributed by atoms with E-state index in [1.54, 1.807) is 43.8 Å². The third-order valence-corrected chi connectivity index (χ3v) is 5.65. The molecule has 1 aromatic heterocycles. The molecular weight excluding hydrogens is 367 g/mol. The van der Waals surface area contributed by atoms with Gasteiger partial charge in [0.25, 0.3) is 10.0 Å². The fourth-order valence-corrected chi connectivity index (χ4v) is 4.22. The highest BCUT2D eigenvalue weighted by Gasteiger charge is 2.22. The first-order valence-corrected chi connectivity index (χ1v) is 9.20. The number of methoxy groups -OCH3 is 1. The van der Waals surface area contributed by atoms with E-state index in [9.17, 15) is 12.8 Å². The monoisotopic (exact) mass is 382 g/mol. The number of fused-ring (bicyclic) bond motifs is 1. The first-order chi connectivity index (χ1) is 11.7. The van der Waals surface area contributed by atoms with Crippen molar-refractivity contribution >= 4 is 38.2 Å². The van der Waals surface area contributed by atoms with Crippen LogP contribution >= 0.6 is 11.6 Å². The third-order valence-electron chi connectivity index (χ3n) is 3.96. The van der Waals surface area contributed by atoms with E-state index in [2.05, 4.69) is 4.72 Å². The molecule has 0 aliphatic carbocycles. The lowest BCUT2D eigenvalue weighted by Gasteiger charge is -2.11. The van der Waals surface area contributed by atoms with Gasteiger partial charge in [0.2, 0.25) is 0 Å². The zero-order chi connectivity index (χ0) is 18.4. The largest absolute Gasteiger partial charge is 0.497 e. The van der Waals surface area contributed by atoms with Crippen LogP contribution in [0.2, 0.25) is 5.02 Å². The van der Waals surface area contributed by atoms with Crippen LogP contribution in [-0.2, 0) is 17.1 Å². The van der Waals surface area contributed by atoms with Gasteiger partial charge in [-0.3, -0.25) is 4.72 Å². The van der Waals surface area contributed by atoms with Crippen molar-refractivity contribution in [1.29, 1.82) is 0 Å². The number of aromatic nitrogens is 1. The van der Waals surface area contributed by atoms with Crippen molar-refractivity contribution < 1.29 is 17.5 Å². The normalized spacial score (nSPS) is 11.7. The van der Waals surface area contributed by atoms with Crippen molar-refractivity contribution in [1.82, 2.24) is 4.57 Å². The zero-order valence-corrected chi connectivity index (χ0v) is 15.4. The summed E-state index contributed by atoms with van der Waals surface area (Å²) in [4.78, 5) is 0.0995. The summed E-state index contributed by atoms with van der Waals surface area (Å²) in [6, 6.07) is 7.57. The molecule has 1 N–H and O–H groups in total. The van der Waals surface area contributed by atoms with Crippen LogP contribution in [0.3, 0.4) is 0 Å². The van der Waals surface area contributed by atoms with Crippen molar-refractivity contribution in [3.8, 4) is 5.75 Å². The first kappa shape index (κ1) is 17.6. The Morgan fingerprint density at radius 2 is 1.96 bits per heavy atom. The van der Waals surface area contributed by atoms with E-state index < -0.39 is 15.8 Å². The zero-order valence-electron chi connectivity index (χ0n) is 13.8. The number of halogens is 2. The molecular formula is C17H16ClFN2O3S. The van der Waals surface area contributed by atoms with Gasteiger partial charge < -0.3 is 9.30 Å². The predicted molar refractivity (Wildman–Crippen MR) is 96.4 cm³/mol. The van der Waals surface area contributed by atoms with Crippen molar-refractivity contribution in [2.45, 2.75) is 11.8 Å². The maximum absolute atomic E-state index is 13.7. The maximum atomic E-state index is 13.7. The Labute approximate surface area is 150 Å². The molecule has 3 rings (SSSR count). The first-order valence-electron chi connectivity index (χ1n) is 7.34. The Hall–Kier alpha value is -2.25. The van der Waals surface area contributed by atoms with Gasteiger partial charge in [-0.25, -0.2) is 12.8 Å². The number of rotatable bonds is 4. The van der Waals surface area contributed by atoms with Gasteiger partial charge in [-0.15, -0.1) is 0 Å². The van der Waals surface area contributed by atoms with Crippen LogP contribution in [-0.4, -0.2) is 20.1 Å². The average molecular weight is 383 g/mol. The van der Waals surface area contributed by atoms with Gasteiger partial charge in [-0.1, -0.05) is 11.6 Å². The molecule has 132 valence electrons. The van der Waals surface area contributed by atoms with E-state index in [0.29, 0.717) is 22.2 Å². The minimum Gasteiger partial charge on any atom is -0.497 e. The number of aryl methyl sites for hydroxylation is 2. The summed E-state index contributed by atoms with van der Waals surface area (Å²) in [6.45, 7) is 1.65. The van der Waals surface area contributed by atoms with Gasteiger partial charge in [-0.05, 0) is 36.8 Å². The Kier molecular flexibility index (Phi) is 4.38. The molecule has 25 heavy (non-hydrogen) atoms. The van der Waals surface area contributed by atoms with Crippen LogP contribution in [0.1, 0.15) is 5.56 Å². The Morgan fingerprint density at radius 3 is 2.64 bits per heavy atom. The number of anilines is 1. The standard InChI is InChI=1S/C17H16ClFN2O3S/c1-10-6-13(18)14(19)8-15(10)20-25(22,23)17-9-21(2)16-7-11(24-3)4-5-12(16)17/h4-9,20H,1-3H3. The summed E-state index contributed by atoms with van der Waals surface area (Å²) >= 11 is 5.72. The number of nitrogens with one attached hydrogen (secondary N) is 1. The van der Waals surface area contributed by atoms with E-state index in [4.69, 9.17) is 16.3 Å². The predicted octanol–water partition coefficient (Wildman–Crippen LogP) is 4.09. The van der Waals surface area contributed by atoms with Crippen molar-refractivity contribution in [2.75, 3.05) is 11.8 Å². The quantitative estimate of drug-likeness (QED) is 0.739. The second-order valence-corrected chi connectivity index (χ2v) is 7.73. The molecule has 2 aromatic carbocycles. The molecule has 0 aliphatic rings. The molecule has 0 spiro atoms. The van der Waals surface area contributed by atoms with Crippen molar-refractivity contribution in [3.05, 3.63) is 52.9 Å². The van der Waals surface area contributed by atoms with Crippen LogP contribution in [0.15, 0.2) is 41.4 Å². The summed E-state index contributed by atoms with van der Waals surface area (Å²) in [5.74, 6) is -0.0613. The number of nitrogens with zero attached hydrogens (tertiary/aromatic N) is 1. The molecule has 0 amide bonds. The smallest absolute Gasteiger partial charge is 0.264 e. The molecule has 0 atom stereocenters. The lowest BCUT2D eigenvalue weighted by molar-refractivity contribution is 0.415. The fourth-order valence-electron chi connectivity index (χ4n) is 2.62. The Morgan fingerprint density at radius 1 is 1.24 bits per heavy atom. The number of hydrogen-bond donors (Lipinski definition) is 1. The summed E-state index contributed by atoms with van der Waals surface area (Å²) in [6.07, 6.45) is 1.51. The van der Waals surface area contributed by atoms with Crippen LogP contribution < -0.4 is 9.46 Å². The Bertz CT molecular complexity index is 1080.